The Hall–Kier alpha value is -1.93. The molecule has 8 heteroatoms. The van der Waals surface area contributed by atoms with Gasteiger partial charge >= 0.3 is 0 Å². The fraction of sp³-hybridized carbons (Fsp3) is 0.636. The fourth-order valence-electron chi connectivity index (χ4n) is 4.39. The molecule has 1 unspecified atom stereocenters. The molecule has 2 fully saturated rings. The van der Waals surface area contributed by atoms with Crippen LogP contribution in [0.5, 0.6) is 0 Å². The first-order chi connectivity index (χ1) is 14.1. The van der Waals surface area contributed by atoms with E-state index in [-0.39, 0.29) is 23.5 Å². The fourth-order valence-corrected chi connectivity index (χ4v) is 4.98. The van der Waals surface area contributed by atoms with Crippen LogP contribution in [0.4, 0.5) is 0 Å². The molecule has 2 aliphatic heterocycles. The van der Waals surface area contributed by atoms with Gasteiger partial charge in [0, 0.05) is 57.6 Å². The highest BCUT2D eigenvalue weighted by atomic mass is 32.2. The predicted octanol–water partition coefficient (Wildman–Crippen LogP) is 1.34. The van der Waals surface area contributed by atoms with E-state index < -0.39 is 9.84 Å². The third kappa shape index (κ3) is 6.04. The van der Waals surface area contributed by atoms with Gasteiger partial charge < -0.3 is 9.80 Å². The second-order valence-corrected chi connectivity index (χ2v) is 11.0. The Morgan fingerprint density at radius 2 is 1.60 bits per heavy atom. The van der Waals surface area contributed by atoms with Crippen LogP contribution in [0.1, 0.15) is 34.3 Å². The summed E-state index contributed by atoms with van der Waals surface area (Å²) in [5.74, 6) is 0.121. The van der Waals surface area contributed by atoms with Crippen LogP contribution in [-0.2, 0) is 14.6 Å². The van der Waals surface area contributed by atoms with Crippen LogP contribution in [0.25, 0.3) is 0 Å². The Kier molecular flexibility index (Phi) is 7.18. The minimum Gasteiger partial charge on any atom is -0.340 e. The lowest BCUT2D eigenvalue weighted by molar-refractivity contribution is -0.138. The van der Waals surface area contributed by atoms with Crippen LogP contribution in [0, 0.1) is 19.8 Å². The quantitative estimate of drug-likeness (QED) is 0.698. The highest BCUT2D eigenvalue weighted by molar-refractivity contribution is 7.90. The Morgan fingerprint density at radius 1 is 0.967 bits per heavy atom. The van der Waals surface area contributed by atoms with Gasteiger partial charge in [0.05, 0.1) is 11.7 Å². The van der Waals surface area contributed by atoms with E-state index in [1.54, 1.807) is 0 Å². The molecule has 2 amide bonds. The van der Waals surface area contributed by atoms with E-state index in [1.165, 1.54) is 6.26 Å². The van der Waals surface area contributed by atoms with Crippen molar-refractivity contribution in [3.63, 3.8) is 0 Å². The van der Waals surface area contributed by atoms with Crippen molar-refractivity contribution >= 4 is 21.7 Å². The largest absolute Gasteiger partial charge is 0.340 e. The number of benzene rings is 1. The highest BCUT2D eigenvalue weighted by Gasteiger charge is 2.33. The molecule has 2 aliphatic rings. The van der Waals surface area contributed by atoms with Gasteiger partial charge in [-0.15, -0.1) is 0 Å². The Balaban J connectivity index is 1.55. The number of carbonyl (C=O) groups is 2. The molecule has 0 spiro atoms. The summed E-state index contributed by atoms with van der Waals surface area (Å²) in [4.78, 5) is 31.9. The monoisotopic (exact) mass is 435 g/mol. The van der Waals surface area contributed by atoms with Gasteiger partial charge in [0.2, 0.25) is 5.91 Å². The van der Waals surface area contributed by atoms with Crippen molar-refractivity contribution in [3.05, 3.63) is 34.9 Å². The minimum absolute atomic E-state index is 0.00453. The zero-order valence-corrected chi connectivity index (χ0v) is 19.1. The summed E-state index contributed by atoms with van der Waals surface area (Å²) in [6.45, 7) is 8.27. The van der Waals surface area contributed by atoms with Gasteiger partial charge in [-0.3, -0.25) is 14.5 Å². The maximum Gasteiger partial charge on any atom is 0.253 e. The smallest absolute Gasteiger partial charge is 0.253 e. The van der Waals surface area contributed by atoms with Crippen molar-refractivity contribution in [2.75, 3.05) is 57.8 Å². The molecule has 0 radical (unpaired) electrons. The average Bonchev–Trinajstić information content (AvgIpc) is 2.70. The Bertz CT molecular complexity index is 871. The lowest BCUT2D eigenvalue weighted by Crippen LogP contribution is -2.53. The van der Waals surface area contributed by atoms with Gasteiger partial charge in [-0.2, -0.15) is 0 Å². The van der Waals surface area contributed by atoms with Crippen LogP contribution in [0.2, 0.25) is 0 Å². The van der Waals surface area contributed by atoms with E-state index >= 15 is 0 Å². The SMILES string of the molecule is Cc1cc(C)cc(C(=O)N2CCCC(C(=O)N3CCN(CCS(C)(=O)=O)CC3)C2)c1. The molecule has 0 saturated carbocycles. The van der Waals surface area contributed by atoms with Crippen LogP contribution in [-0.4, -0.2) is 92.8 Å². The third-order valence-corrected chi connectivity index (χ3v) is 6.91. The number of amides is 2. The first kappa shape index (κ1) is 22.7. The number of hydrogen-bond donors (Lipinski definition) is 0. The first-order valence-corrected chi connectivity index (χ1v) is 12.7. The van der Waals surface area contributed by atoms with Crippen molar-refractivity contribution < 1.29 is 18.0 Å². The number of hydrogen-bond acceptors (Lipinski definition) is 5. The molecular formula is C22H33N3O4S. The second kappa shape index (κ2) is 9.47. The van der Waals surface area contributed by atoms with Crippen molar-refractivity contribution in [2.24, 2.45) is 5.92 Å². The van der Waals surface area contributed by atoms with Crippen molar-refractivity contribution in [3.8, 4) is 0 Å². The van der Waals surface area contributed by atoms with E-state index in [4.69, 9.17) is 0 Å². The molecule has 30 heavy (non-hydrogen) atoms. The van der Waals surface area contributed by atoms with Crippen LogP contribution >= 0.6 is 0 Å². The molecule has 1 atom stereocenters. The first-order valence-electron chi connectivity index (χ1n) is 10.7. The van der Waals surface area contributed by atoms with Crippen molar-refractivity contribution in [2.45, 2.75) is 26.7 Å². The number of piperazine rings is 1. The van der Waals surface area contributed by atoms with Gasteiger partial charge in [-0.05, 0) is 38.8 Å². The van der Waals surface area contributed by atoms with Crippen molar-refractivity contribution in [1.29, 1.82) is 0 Å². The van der Waals surface area contributed by atoms with E-state index in [0.29, 0.717) is 51.4 Å². The highest BCUT2D eigenvalue weighted by Crippen LogP contribution is 2.22. The van der Waals surface area contributed by atoms with E-state index in [1.807, 2.05) is 35.8 Å². The number of nitrogens with zero attached hydrogens (tertiary/aromatic N) is 3. The van der Waals surface area contributed by atoms with Crippen LogP contribution in [0.15, 0.2) is 18.2 Å². The normalized spacial score (nSPS) is 21.0. The number of aryl methyl sites for hydroxylation is 2. The topological polar surface area (TPSA) is 78.0 Å². The molecule has 7 nitrogen and oxygen atoms in total. The summed E-state index contributed by atoms with van der Waals surface area (Å²) in [5.41, 5.74) is 2.83. The van der Waals surface area contributed by atoms with E-state index in [0.717, 1.165) is 24.0 Å². The number of likely N-dealkylation sites (tertiary alicyclic amines) is 1. The second-order valence-electron chi connectivity index (χ2n) is 8.76. The van der Waals surface area contributed by atoms with Gasteiger partial charge in [0.25, 0.3) is 5.91 Å². The summed E-state index contributed by atoms with van der Waals surface area (Å²) < 4.78 is 22.7. The lowest BCUT2D eigenvalue weighted by atomic mass is 9.95. The predicted molar refractivity (Wildman–Crippen MR) is 117 cm³/mol. The summed E-state index contributed by atoms with van der Waals surface area (Å²) >= 11 is 0. The summed E-state index contributed by atoms with van der Waals surface area (Å²) in [7, 11) is -2.97. The molecule has 2 heterocycles. The van der Waals surface area contributed by atoms with Gasteiger partial charge in [0.1, 0.15) is 9.84 Å². The molecule has 0 aromatic heterocycles. The molecule has 0 N–H and O–H groups in total. The zero-order chi connectivity index (χ0) is 21.9. The average molecular weight is 436 g/mol. The minimum atomic E-state index is -2.97. The third-order valence-electron chi connectivity index (χ3n) is 5.99. The van der Waals surface area contributed by atoms with Gasteiger partial charge in [-0.1, -0.05) is 17.2 Å². The molecule has 0 bridgehead atoms. The molecule has 1 aromatic rings. The number of piperidine rings is 1. The van der Waals surface area contributed by atoms with Gasteiger partial charge in [-0.25, -0.2) is 8.42 Å². The summed E-state index contributed by atoms with van der Waals surface area (Å²) in [5, 5.41) is 0. The molecular weight excluding hydrogens is 402 g/mol. The van der Waals surface area contributed by atoms with Gasteiger partial charge in [0.15, 0.2) is 0 Å². The zero-order valence-electron chi connectivity index (χ0n) is 18.3. The summed E-state index contributed by atoms with van der Waals surface area (Å²) in [6.07, 6.45) is 2.89. The molecule has 0 aliphatic carbocycles. The molecule has 166 valence electrons. The van der Waals surface area contributed by atoms with Crippen molar-refractivity contribution in [1.82, 2.24) is 14.7 Å². The number of carbonyl (C=O) groups excluding carboxylic acids is 2. The molecule has 1 aromatic carbocycles. The van der Waals surface area contributed by atoms with E-state index in [2.05, 4.69) is 11.0 Å². The maximum absolute atomic E-state index is 13.1. The molecule has 2 saturated heterocycles. The van der Waals surface area contributed by atoms with Crippen LogP contribution < -0.4 is 0 Å². The standard InChI is InChI=1S/C22H33N3O4S/c1-17-13-18(2)15-20(14-17)22(27)25-6-4-5-19(16-25)21(26)24-9-7-23(8-10-24)11-12-30(3,28)29/h13-15,19H,4-12,16H2,1-3H3. The summed E-state index contributed by atoms with van der Waals surface area (Å²) in [6, 6.07) is 5.88. The van der Waals surface area contributed by atoms with Crippen LogP contribution in [0.3, 0.4) is 0 Å². The lowest BCUT2D eigenvalue weighted by Gasteiger charge is -2.39. The molecule has 3 rings (SSSR count). The van der Waals surface area contributed by atoms with E-state index in [9.17, 15) is 18.0 Å². The Morgan fingerprint density at radius 3 is 2.20 bits per heavy atom. The maximum atomic E-state index is 13.1. The Labute approximate surface area is 179 Å². The number of sulfone groups is 1. The number of rotatable bonds is 5.